The van der Waals surface area contributed by atoms with Crippen LogP contribution in [0.5, 0.6) is 5.75 Å². The molecule has 0 saturated heterocycles. The van der Waals surface area contributed by atoms with Crippen molar-refractivity contribution in [3.63, 3.8) is 0 Å². The zero-order valence-electron chi connectivity index (χ0n) is 11.6. The monoisotopic (exact) mass is 317 g/mol. The van der Waals surface area contributed by atoms with Gasteiger partial charge in [0.1, 0.15) is 11.6 Å². The van der Waals surface area contributed by atoms with Crippen molar-refractivity contribution in [2.24, 2.45) is 0 Å². The van der Waals surface area contributed by atoms with Gasteiger partial charge in [-0.05, 0) is 31.2 Å². The van der Waals surface area contributed by atoms with Crippen molar-refractivity contribution in [1.29, 1.82) is 0 Å². The standard InChI is InChI=1S/C15H12ClN3O3/c1-15(14(21)19-12-7-6-9(16)8-17-12)13(20)18-10-4-2-3-5-11(10)22-15/h2-8H,1H3,(H,18,20)(H,17,19,21)/t15-/m1/s1. The highest BCUT2D eigenvalue weighted by molar-refractivity contribution is 6.30. The number of rotatable bonds is 2. The molecule has 1 aliphatic rings. The number of amides is 2. The van der Waals surface area contributed by atoms with E-state index in [1.807, 2.05) is 0 Å². The van der Waals surface area contributed by atoms with Crippen molar-refractivity contribution in [2.45, 2.75) is 12.5 Å². The minimum absolute atomic E-state index is 0.283. The van der Waals surface area contributed by atoms with Crippen LogP contribution in [0.1, 0.15) is 6.92 Å². The van der Waals surface area contributed by atoms with Crippen molar-refractivity contribution < 1.29 is 14.3 Å². The van der Waals surface area contributed by atoms with Gasteiger partial charge in [0.25, 0.3) is 17.4 Å². The second-order valence-electron chi connectivity index (χ2n) is 4.90. The number of ether oxygens (including phenoxy) is 1. The van der Waals surface area contributed by atoms with E-state index in [0.29, 0.717) is 16.5 Å². The Kier molecular flexibility index (Phi) is 3.46. The van der Waals surface area contributed by atoms with E-state index < -0.39 is 17.4 Å². The van der Waals surface area contributed by atoms with E-state index in [1.54, 1.807) is 30.3 Å². The lowest BCUT2D eigenvalue weighted by atomic mass is 10.0. The summed E-state index contributed by atoms with van der Waals surface area (Å²) in [4.78, 5) is 28.6. The summed E-state index contributed by atoms with van der Waals surface area (Å²) in [7, 11) is 0. The van der Waals surface area contributed by atoms with Gasteiger partial charge in [0, 0.05) is 6.20 Å². The van der Waals surface area contributed by atoms with Gasteiger partial charge >= 0.3 is 0 Å². The number of nitrogens with one attached hydrogen (secondary N) is 2. The maximum Gasteiger partial charge on any atom is 0.279 e. The van der Waals surface area contributed by atoms with Gasteiger partial charge in [-0.1, -0.05) is 23.7 Å². The van der Waals surface area contributed by atoms with Gasteiger partial charge in [0.15, 0.2) is 0 Å². The highest BCUT2D eigenvalue weighted by Gasteiger charge is 2.47. The van der Waals surface area contributed by atoms with Crippen LogP contribution in [0.2, 0.25) is 5.02 Å². The maximum atomic E-state index is 12.4. The average molecular weight is 318 g/mol. The predicted molar refractivity (Wildman–Crippen MR) is 82.0 cm³/mol. The molecule has 22 heavy (non-hydrogen) atoms. The molecular weight excluding hydrogens is 306 g/mol. The van der Waals surface area contributed by atoms with E-state index in [2.05, 4.69) is 15.6 Å². The van der Waals surface area contributed by atoms with Gasteiger partial charge in [0.05, 0.1) is 10.7 Å². The van der Waals surface area contributed by atoms with Crippen LogP contribution in [0.15, 0.2) is 42.6 Å². The molecule has 2 aromatic rings. The number of hydrogen-bond acceptors (Lipinski definition) is 4. The summed E-state index contributed by atoms with van der Waals surface area (Å²) in [6, 6.07) is 10.0. The fourth-order valence-corrected chi connectivity index (χ4v) is 2.11. The Hall–Kier alpha value is -2.60. The Morgan fingerprint density at radius 2 is 2.09 bits per heavy atom. The SMILES string of the molecule is C[C@@]1(C(=O)Nc2ccc(Cl)cn2)Oc2ccccc2NC1=O. The third kappa shape index (κ3) is 2.48. The fraction of sp³-hybridized carbons (Fsp3) is 0.133. The molecule has 3 rings (SSSR count). The van der Waals surface area contributed by atoms with Crippen LogP contribution in [0, 0.1) is 0 Å². The van der Waals surface area contributed by atoms with Crippen molar-refractivity contribution in [2.75, 3.05) is 10.6 Å². The second kappa shape index (κ2) is 5.31. The van der Waals surface area contributed by atoms with Gasteiger partial charge < -0.3 is 15.4 Å². The smallest absolute Gasteiger partial charge is 0.279 e. The molecule has 1 aromatic heterocycles. The Bertz CT molecular complexity index is 748. The summed E-state index contributed by atoms with van der Waals surface area (Å²) >= 11 is 5.74. The summed E-state index contributed by atoms with van der Waals surface area (Å²) < 4.78 is 5.61. The molecule has 0 fully saturated rings. The number of fused-ring (bicyclic) bond motifs is 1. The number of carbonyl (C=O) groups is 2. The third-order valence-corrected chi connectivity index (χ3v) is 3.51. The number of para-hydroxylation sites is 2. The van der Waals surface area contributed by atoms with E-state index in [1.165, 1.54) is 19.2 Å². The first kappa shape index (κ1) is 14.3. The molecule has 0 aliphatic carbocycles. The predicted octanol–water partition coefficient (Wildman–Crippen LogP) is 2.46. The number of halogens is 1. The number of anilines is 2. The Morgan fingerprint density at radius 1 is 1.32 bits per heavy atom. The van der Waals surface area contributed by atoms with Crippen LogP contribution in [0.25, 0.3) is 0 Å². The van der Waals surface area contributed by atoms with Crippen LogP contribution >= 0.6 is 11.6 Å². The molecule has 0 unspecified atom stereocenters. The fourth-order valence-electron chi connectivity index (χ4n) is 2.00. The molecule has 2 N–H and O–H groups in total. The van der Waals surface area contributed by atoms with Gasteiger partial charge in [-0.3, -0.25) is 9.59 Å². The molecule has 0 saturated carbocycles. The van der Waals surface area contributed by atoms with Crippen molar-refractivity contribution in [1.82, 2.24) is 4.98 Å². The zero-order chi connectivity index (χ0) is 15.7. The topological polar surface area (TPSA) is 80.3 Å². The number of pyridine rings is 1. The molecular formula is C15H12ClN3O3. The van der Waals surface area contributed by atoms with E-state index in [9.17, 15) is 9.59 Å². The van der Waals surface area contributed by atoms with Crippen LogP contribution in [0.4, 0.5) is 11.5 Å². The average Bonchev–Trinajstić information content (AvgIpc) is 2.50. The van der Waals surface area contributed by atoms with E-state index in [4.69, 9.17) is 16.3 Å². The molecule has 0 radical (unpaired) electrons. The molecule has 1 aromatic carbocycles. The van der Waals surface area contributed by atoms with Crippen molar-refractivity contribution >= 4 is 34.9 Å². The Morgan fingerprint density at radius 3 is 2.82 bits per heavy atom. The highest BCUT2D eigenvalue weighted by atomic mass is 35.5. The lowest BCUT2D eigenvalue weighted by molar-refractivity contribution is -0.143. The molecule has 2 amide bonds. The normalized spacial score (nSPS) is 19.6. The van der Waals surface area contributed by atoms with Gasteiger partial charge in [-0.15, -0.1) is 0 Å². The molecule has 6 nitrogen and oxygen atoms in total. The lowest BCUT2D eigenvalue weighted by Crippen LogP contribution is -2.56. The van der Waals surface area contributed by atoms with Gasteiger partial charge in [-0.25, -0.2) is 4.98 Å². The minimum atomic E-state index is -1.68. The zero-order valence-corrected chi connectivity index (χ0v) is 12.3. The van der Waals surface area contributed by atoms with Crippen molar-refractivity contribution in [3.05, 3.63) is 47.6 Å². The van der Waals surface area contributed by atoms with Gasteiger partial charge in [-0.2, -0.15) is 0 Å². The number of nitrogens with zero attached hydrogens (tertiary/aromatic N) is 1. The summed E-state index contributed by atoms with van der Waals surface area (Å²) in [5.41, 5.74) is -1.15. The number of carbonyl (C=O) groups excluding carboxylic acids is 2. The first-order chi connectivity index (χ1) is 10.5. The number of hydrogen-bond donors (Lipinski definition) is 2. The molecule has 7 heteroatoms. The Balaban J connectivity index is 1.85. The summed E-state index contributed by atoms with van der Waals surface area (Å²) in [5.74, 6) is -0.443. The molecule has 0 bridgehead atoms. The summed E-state index contributed by atoms with van der Waals surface area (Å²) in [6.07, 6.45) is 1.40. The summed E-state index contributed by atoms with van der Waals surface area (Å²) in [6.45, 7) is 1.41. The van der Waals surface area contributed by atoms with Crippen LogP contribution in [0.3, 0.4) is 0 Å². The highest BCUT2D eigenvalue weighted by Crippen LogP contribution is 2.33. The lowest BCUT2D eigenvalue weighted by Gasteiger charge is -2.33. The summed E-state index contributed by atoms with van der Waals surface area (Å²) in [5, 5.41) is 5.65. The Labute approximate surface area is 131 Å². The number of aromatic nitrogens is 1. The van der Waals surface area contributed by atoms with Gasteiger partial charge in [0.2, 0.25) is 0 Å². The number of benzene rings is 1. The van der Waals surface area contributed by atoms with Crippen LogP contribution in [-0.2, 0) is 9.59 Å². The third-order valence-electron chi connectivity index (χ3n) is 3.28. The van der Waals surface area contributed by atoms with Crippen molar-refractivity contribution in [3.8, 4) is 5.75 Å². The quantitative estimate of drug-likeness (QED) is 0.834. The van der Waals surface area contributed by atoms with Crippen LogP contribution in [-0.4, -0.2) is 22.4 Å². The first-order valence-electron chi connectivity index (χ1n) is 6.51. The maximum absolute atomic E-state index is 12.4. The molecule has 0 spiro atoms. The van der Waals surface area contributed by atoms with E-state index >= 15 is 0 Å². The molecule has 1 atom stereocenters. The second-order valence-corrected chi connectivity index (χ2v) is 5.34. The largest absolute Gasteiger partial charge is 0.466 e. The molecule has 1 aliphatic heterocycles. The first-order valence-corrected chi connectivity index (χ1v) is 6.89. The molecule has 2 heterocycles. The van der Waals surface area contributed by atoms with E-state index in [-0.39, 0.29) is 5.82 Å². The van der Waals surface area contributed by atoms with Crippen LogP contribution < -0.4 is 15.4 Å². The molecule has 112 valence electrons. The van der Waals surface area contributed by atoms with E-state index in [0.717, 1.165) is 0 Å². The minimum Gasteiger partial charge on any atom is -0.466 e.